The van der Waals surface area contributed by atoms with Crippen LogP contribution in [0.3, 0.4) is 0 Å². The molecule has 0 saturated heterocycles. The number of Topliss-reactive ketones (excluding diaryl/α,β-unsaturated/α-hetero) is 6. The smallest absolute Gasteiger partial charge is 0.140 e. The van der Waals surface area contributed by atoms with Crippen LogP contribution < -0.4 is 0 Å². The fourth-order valence-electron chi connectivity index (χ4n) is 3.43. The van der Waals surface area contributed by atoms with Gasteiger partial charge in [-0.3, -0.25) is 28.8 Å². The Kier molecular flexibility index (Phi) is 40.5. The first kappa shape index (κ1) is 45.5. The van der Waals surface area contributed by atoms with Gasteiger partial charge in [-0.1, -0.05) is 80.1 Å². The van der Waals surface area contributed by atoms with Gasteiger partial charge in [0.2, 0.25) is 0 Å². The zero-order valence-corrected chi connectivity index (χ0v) is 27.9. The molecule has 0 amide bonds. The molecule has 0 heterocycles. The first-order valence-electron chi connectivity index (χ1n) is 15.7. The Hall–Kier alpha value is -1.46. The molecule has 0 rings (SSSR count). The van der Waals surface area contributed by atoms with Gasteiger partial charge in [-0.05, 0) is 38.5 Å². The number of ketones is 6. The fraction of sp³-hybridized carbons (Fsp3) is 0.818. The third-order valence-electron chi connectivity index (χ3n) is 6.04. The average molecular weight is 608 g/mol. The molecule has 235 valence electrons. The molecule has 0 aliphatic rings. The Morgan fingerprint density at radius 2 is 0.425 bits per heavy atom. The Balaban J connectivity index is -0.000000240. The van der Waals surface area contributed by atoms with Gasteiger partial charge >= 0.3 is 0 Å². The van der Waals surface area contributed by atoms with E-state index in [1.807, 2.05) is 41.5 Å². The Morgan fingerprint density at radius 3 is 0.525 bits per heavy atom. The van der Waals surface area contributed by atoms with E-state index in [2.05, 4.69) is 0 Å². The summed E-state index contributed by atoms with van der Waals surface area (Å²) in [5, 5.41) is 0. The molecule has 0 saturated carbocycles. The third-order valence-corrected chi connectivity index (χ3v) is 6.04. The van der Waals surface area contributed by atoms with Gasteiger partial charge in [0.25, 0.3) is 0 Å². The quantitative estimate of drug-likeness (QED) is 0.0803. The molecule has 40 heavy (non-hydrogen) atoms. The van der Waals surface area contributed by atoms with Crippen molar-refractivity contribution >= 4 is 34.7 Å². The topological polar surface area (TPSA) is 102 Å². The molecule has 0 atom stereocenters. The maximum absolute atomic E-state index is 11.2. The molecule has 0 aromatic heterocycles. The van der Waals surface area contributed by atoms with E-state index in [1.165, 1.54) is 0 Å². The van der Waals surface area contributed by atoms with Crippen molar-refractivity contribution in [3.63, 3.8) is 0 Å². The van der Waals surface area contributed by atoms with Crippen LogP contribution >= 0.6 is 0 Å². The molecule has 6 nitrogen and oxygen atoms in total. The van der Waals surface area contributed by atoms with Crippen LogP contribution in [0.2, 0.25) is 0 Å². The molecule has 0 unspecified atom stereocenters. The molecule has 0 aliphatic carbocycles. The van der Waals surface area contributed by atoms with Crippen LogP contribution in [0.15, 0.2) is 0 Å². The number of carbonyl (C=O) groups excluding carboxylic acids is 6. The van der Waals surface area contributed by atoms with Crippen molar-refractivity contribution in [1.82, 2.24) is 0 Å². The molecule has 0 spiro atoms. The summed E-state index contributed by atoms with van der Waals surface area (Å²) in [5.74, 6) is 0.683. The van der Waals surface area contributed by atoms with Crippen molar-refractivity contribution in [2.45, 2.75) is 176 Å². The summed E-state index contributed by atoms with van der Waals surface area (Å²) < 4.78 is 0. The Labute approximate surface area is 256 Å². The second kappa shape index (κ2) is 35.6. The Morgan fingerprint density at radius 1 is 0.300 bits per heavy atom. The number of carbonyl (C=O) groups is 6. The maximum Gasteiger partial charge on any atom is 0.140 e. The minimum absolute atomic E-state index is 0. The molecule has 0 aliphatic heterocycles. The van der Waals surface area contributed by atoms with Gasteiger partial charge in [-0.25, -0.2) is 0 Å². The summed E-state index contributed by atoms with van der Waals surface area (Å²) in [6.07, 6.45) is 15.6. The molecule has 0 aromatic rings. The summed E-state index contributed by atoms with van der Waals surface area (Å²) in [6, 6.07) is 0. The second-order valence-electron chi connectivity index (χ2n) is 10.4. The molecular weight excluding hydrogens is 547 g/mol. The molecule has 0 bridgehead atoms. The van der Waals surface area contributed by atoms with Gasteiger partial charge in [0, 0.05) is 55.6 Å². The monoisotopic (exact) mass is 607 g/mol. The zero-order chi connectivity index (χ0) is 30.3. The van der Waals surface area contributed by atoms with Crippen molar-refractivity contribution in [3.05, 3.63) is 0 Å². The summed E-state index contributed by atoms with van der Waals surface area (Å²) in [5.41, 5.74) is 0. The predicted molar refractivity (Wildman–Crippen MR) is 161 cm³/mol. The average Bonchev–Trinajstić information content (AvgIpc) is 2.91. The Bertz CT molecular complexity index is 528. The van der Waals surface area contributed by atoms with E-state index in [4.69, 9.17) is 0 Å². The van der Waals surface area contributed by atoms with Gasteiger partial charge in [0.15, 0.2) is 0 Å². The van der Waals surface area contributed by atoms with Crippen LogP contribution in [-0.4, -0.2) is 34.7 Å². The van der Waals surface area contributed by atoms with Crippen LogP contribution in [0.1, 0.15) is 176 Å². The van der Waals surface area contributed by atoms with Crippen LogP contribution in [0.25, 0.3) is 0 Å². The second-order valence-corrected chi connectivity index (χ2v) is 10.4. The summed E-state index contributed by atoms with van der Waals surface area (Å²) in [7, 11) is 0. The van der Waals surface area contributed by atoms with Gasteiger partial charge in [0.05, 0.1) is 19.3 Å². The van der Waals surface area contributed by atoms with Gasteiger partial charge in [-0.2, -0.15) is 0 Å². The van der Waals surface area contributed by atoms with Crippen LogP contribution in [0, 0.1) is 0 Å². The van der Waals surface area contributed by atoms with Crippen molar-refractivity contribution in [2.75, 3.05) is 0 Å². The first-order chi connectivity index (χ1) is 18.6. The van der Waals surface area contributed by atoms with Crippen molar-refractivity contribution in [2.24, 2.45) is 0 Å². The van der Waals surface area contributed by atoms with Crippen molar-refractivity contribution in [3.8, 4) is 0 Å². The van der Waals surface area contributed by atoms with Gasteiger partial charge in [-0.15, -0.1) is 0 Å². The normalized spacial score (nSPS) is 9.75. The van der Waals surface area contributed by atoms with E-state index >= 15 is 0 Å². The van der Waals surface area contributed by atoms with E-state index in [9.17, 15) is 28.8 Å². The number of hydrogen-bond acceptors (Lipinski definition) is 6. The standard InChI is InChI=1S/3C11H20O2.Mn/c3*1-3-5-7-10(12)9-11(13)8-6-4-2;/h3*3-9H2,1-2H3;. The minimum atomic E-state index is 0. The van der Waals surface area contributed by atoms with E-state index in [-0.39, 0.29) is 71.0 Å². The minimum Gasteiger partial charge on any atom is -0.299 e. The van der Waals surface area contributed by atoms with E-state index in [0.29, 0.717) is 38.5 Å². The summed E-state index contributed by atoms with van der Waals surface area (Å²) >= 11 is 0. The van der Waals surface area contributed by atoms with Gasteiger partial charge < -0.3 is 0 Å². The SMILES string of the molecule is CCCCC(=O)CC(=O)CCCC.CCCCC(=O)CC(=O)CCCC.CCCCC(=O)CC(=O)CCCC.[Mn]. The van der Waals surface area contributed by atoms with Crippen LogP contribution in [0.4, 0.5) is 0 Å². The number of rotatable bonds is 24. The van der Waals surface area contributed by atoms with Crippen LogP contribution in [0.5, 0.6) is 0 Å². The molecular formula is C33H60MnO6. The molecule has 0 aromatic carbocycles. The first-order valence-corrected chi connectivity index (χ1v) is 15.7. The number of hydrogen-bond donors (Lipinski definition) is 0. The zero-order valence-electron chi connectivity index (χ0n) is 26.7. The summed E-state index contributed by atoms with van der Waals surface area (Å²) in [4.78, 5) is 66.9. The molecule has 0 N–H and O–H groups in total. The van der Waals surface area contributed by atoms with E-state index in [1.54, 1.807) is 0 Å². The van der Waals surface area contributed by atoms with Crippen molar-refractivity contribution < 1.29 is 45.8 Å². The largest absolute Gasteiger partial charge is 0.299 e. The third kappa shape index (κ3) is 38.7. The van der Waals surface area contributed by atoms with Gasteiger partial charge in [0.1, 0.15) is 34.7 Å². The molecule has 1 radical (unpaired) electrons. The summed E-state index contributed by atoms with van der Waals surface area (Å²) in [6.45, 7) is 12.3. The van der Waals surface area contributed by atoms with Crippen molar-refractivity contribution in [1.29, 1.82) is 0 Å². The van der Waals surface area contributed by atoms with Crippen LogP contribution in [-0.2, 0) is 45.8 Å². The maximum atomic E-state index is 11.2. The number of unbranched alkanes of at least 4 members (excludes halogenated alkanes) is 6. The van der Waals surface area contributed by atoms with E-state index < -0.39 is 0 Å². The molecule has 7 heteroatoms. The fourth-order valence-corrected chi connectivity index (χ4v) is 3.43. The van der Waals surface area contributed by atoms with E-state index in [0.717, 1.165) is 77.0 Å². The molecule has 0 fully saturated rings. The predicted octanol–water partition coefficient (Wildman–Crippen LogP) is 8.68.